The van der Waals surface area contributed by atoms with Crippen molar-refractivity contribution in [2.24, 2.45) is 0 Å². The van der Waals surface area contributed by atoms with Gasteiger partial charge in [0.05, 0.1) is 19.2 Å². The van der Waals surface area contributed by atoms with Gasteiger partial charge in [-0.1, -0.05) is 42.0 Å². The molecule has 0 unspecified atom stereocenters. The van der Waals surface area contributed by atoms with Crippen molar-refractivity contribution < 1.29 is 4.74 Å². The Morgan fingerprint density at radius 3 is 2.46 bits per heavy atom. The van der Waals surface area contributed by atoms with Gasteiger partial charge in [-0.25, -0.2) is 4.68 Å². The quantitative estimate of drug-likeness (QED) is 0.799. The lowest BCUT2D eigenvalue weighted by atomic mass is 9.93. The van der Waals surface area contributed by atoms with Crippen molar-refractivity contribution in [2.45, 2.75) is 25.4 Å². The van der Waals surface area contributed by atoms with E-state index in [0.717, 1.165) is 18.1 Å². The molecule has 0 saturated carbocycles. The second-order valence-electron chi connectivity index (χ2n) is 6.16. The Hall–Kier alpha value is -2.82. The number of aromatic nitrogens is 3. The fraction of sp³-hybridized carbons (Fsp3) is 0.263. The highest BCUT2D eigenvalue weighted by Crippen LogP contribution is 2.37. The molecule has 122 valence electrons. The lowest BCUT2D eigenvalue weighted by Gasteiger charge is -2.32. The molecular formula is C19H20N4O. The second kappa shape index (κ2) is 6.00. The average Bonchev–Trinajstić information content (AvgIpc) is 3.10. The zero-order valence-corrected chi connectivity index (χ0v) is 13.8. The minimum Gasteiger partial charge on any atom is -0.497 e. The highest BCUT2D eigenvalue weighted by molar-refractivity contribution is 5.39. The number of fused-ring (bicyclic) bond motifs is 1. The molecule has 5 nitrogen and oxygen atoms in total. The third kappa shape index (κ3) is 2.62. The lowest BCUT2D eigenvalue weighted by Crippen LogP contribution is -2.28. The zero-order valence-electron chi connectivity index (χ0n) is 13.8. The van der Waals surface area contributed by atoms with Gasteiger partial charge in [-0.05, 0) is 36.6 Å². The van der Waals surface area contributed by atoms with E-state index in [4.69, 9.17) is 4.74 Å². The number of nitrogens with one attached hydrogen (secondary N) is 1. The predicted octanol–water partition coefficient (Wildman–Crippen LogP) is 3.74. The first-order chi connectivity index (χ1) is 11.7. The van der Waals surface area contributed by atoms with Gasteiger partial charge in [-0.2, -0.15) is 10.1 Å². The number of benzene rings is 2. The Morgan fingerprint density at radius 1 is 1.04 bits per heavy atom. The van der Waals surface area contributed by atoms with E-state index in [1.165, 1.54) is 16.7 Å². The molecule has 0 spiro atoms. The van der Waals surface area contributed by atoms with Crippen LogP contribution in [0.15, 0.2) is 54.9 Å². The molecule has 1 N–H and O–H groups in total. The Morgan fingerprint density at radius 2 is 1.75 bits per heavy atom. The first-order valence-corrected chi connectivity index (χ1v) is 8.11. The van der Waals surface area contributed by atoms with Crippen LogP contribution in [0.25, 0.3) is 0 Å². The largest absolute Gasteiger partial charge is 0.497 e. The minimum atomic E-state index is 0.154. The van der Waals surface area contributed by atoms with Crippen LogP contribution < -0.4 is 10.1 Å². The van der Waals surface area contributed by atoms with E-state index in [-0.39, 0.29) is 12.1 Å². The van der Waals surface area contributed by atoms with E-state index in [9.17, 15) is 0 Å². The Labute approximate surface area is 141 Å². The highest BCUT2D eigenvalue weighted by atomic mass is 16.5. The molecule has 4 rings (SSSR count). The van der Waals surface area contributed by atoms with Crippen molar-refractivity contribution in [1.82, 2.24) is 14.8 Å². The Balaban J connectivity index is 1.69. The Kier molecular flexibility index (Phi) is 3.69. The number of ether oxygens (including phenoxy) is 1. The van der Waals surface area contributed by atoms with Crippen LogP contribution in [0.1, 0.15) is 35.2 Å². The van der Waals surface area contributed by atoms with Crippen LogP contribution in [-0.2, 0) is 0 Å². The molecule has 24 heavy (non-hydrogen) atoms. The van der Waals surface area contributed by atoms with Crippen molar-refractivity contribution in [3.8, 4) is 5.75 Å². The van der Waals surface area contributed by atoms with Crippen LogP contribution in [0.4, 0.5) is 5.95 Å². The van der Waals surface area contributed by atoms with Crippen LogP contribution in [0, 0.1) is 6.92 Å². The van der Waals surface area contributed by atoms with Gasteiger partial charge in [0.1, 0.15) is 12.1 Å². The van der Waals surface area contributed by atoms with Crippen LogP contribution >= 0.6 is 0 Å². The summed E-state index contributed by atoms with van der Waals surface area (Å²) in [4.78, 5) is 4.38. The number of hydrogen-bond acceptors (Lipinski definition) is 4. The third-order valence-electron chi connectivity index (χ3n) is 4.61. The summed E-state index contributed by atoms with van der Waals surface area (Å²) in [7, 11) is 1.68. The lowest BCUT2D eigenvalue weighted by molar-refractivity contribution is 0.411. The first-order valence-electron chi connectivity index (χ1n) is 8.11. The molecule has 0 radical (unpaired) electrons. The maximum Gasteiger partial charge on any atom is 0.222 e. The first kappa shape index (κ1) is 14.8. The second-order valence-corrected chi connectivity index (χ2v) is 6.16. The summed E-state index contributed by atoms with van der Waals surface area (Å²) in [5.74, 6) is 1.68. The SMILES string of the molecule is COc1ccc([C@@H]2C[C@@H](c3ccc(C)cc3)Nc3ncnn32)cc1. The molecule has 0 saturated heterocycles. The van der Waals surface area contributed by atoms with Gasteiger partial charge in [0, 0.05) is 0 Å². The minimum absolute atomic E-state index is 0.154. The predicted molar refractivity (Wildman–Crippen MR) is 93.3 cm³/mol. The fourth-order valence-corrected chi connectivity index (χ4v) is 3.24. The van der Waals surface area contributed by atoms with E-state index in [2.05, 4.69) is 58.7 Å². The van der Waals surface area contributed by atoms with Crippen molar-refractivity contribution in [3.63, 3.8) is 0 Å². The summed E-state index contributed by atoms with van der Waals surface area (Å²) in [6.07, 6.45) is 2.53. The van der Waals surface area contributed by atoms with Gasteiger partial charge >= 0.3 is 0 Å². The monoisotopic (exact) mass is 320 g/mol. The topological polar surface area (TPSA) is 52.0 Å². The van der Waals surface area contributed by atoms with Gasteiger partial charge in [0.25, 0.3) is 0 Å². The number of aryl methyl sites for hydroxylation is 1. The van der Waals surface area contributed by atoms with Crippen molar-refractivity contribution in [3.05, 3.63) is 71.5 Å². The summed E-state index contributed by atoms with van der Waals surface area (Å²) in [6.45, 7) is 2.11. The van der Waals surface area contributed by atoms with E-state index in [1.807, 2.05) is 16.8 Å². The molecule has 2 heterocycles. The molecule has 0 amide bonds. The molecule has 0 bridgehead atoms. The van der Waals surface area contributed by atoms with E-state index in [1.54, 1.807) is 13.4 Å². The van der Waals surface area contributed by atoms with Crippen molar-refractivity contribution in [1.29, 1.82) is 0 Å². The highest BCUT2D eigenvalue weighted by Gasteiger charge is 2.29. The van der Waals surface area contributed by atoms with Crippen LogP contribution in [-0.4, -0.2) is 21.9 Å². The molecular weight excluding hydrogens is 300 g/mol. The molecule has 1 aromatic heterocycles. The molecule has 3 aromatic rings. The van der Waals surface area contributed by atoms with Crippen LogP contribution in [0.3, 0.4) is 0 Å². The summed E-state index contributed by atoms with van der Waals surface area (Å²) in [5.41, 5.74) is 3.75. The standard InChI is InChI=1S/C19H20N4O/c1-13-3-5-14(6-4-13)17-11-18(23-19(22-17)20-12-21-23)15-7-9-16(24-2)10-8-15/h3-10,12,17-18H,11H2,1-2H3,(H,20,21,22)/t17-,18-/m0/s1. The van der Waals surface area contributed by atoms with E-state index in [0.29, 0.717) is 0 Å². The van der Waals surface area contributed by atoms with Gasteiger partial charge < -0.3 is 10.1 Å². The summed E-state index contributed by atoms with van der Waals surface area (Å²) < 4.78 is 7.23. The van der Waals surface area contributed by atoms with Gasteiger partial charge in [0.15, 0.2) is 0 Å². The number of hydrogen-bond donors (Lipinski definition) is 1. The zero-order chi connectivity index (χ0) is 16.5. The van der Waals surface area contributed by atoms with Gasteiger partial charge in [-0.3, -0.25) is 0 Å². The van der Waals surface area contributed by atoms with E-state index < -0.39 is 0 Å². The van der Waals surface area contributed by atoms with Crippen LogP contribution in [0.2, 0.25) is 0 Å². The number of rotatable bonds is 3. The van der Waals surface area contributed by atoms with Crippen molar-refractivity contribution in [2.75, 3.05) is 12.4 Å². The van der Waals surface area contributed by atoms with E-state index >= 15 is 0 Å². The summed E-state index contributed by atoms with van der Waals surface area (Å²) >= 11 is 0. The molecule has 1 aliphatic rings. The summed E-state index contributed by atoms with van der Waals surface area (Å²) in [6, 6.07) is 17.2. The molecule has 5 heteroatoms. The number of nitrogens with zero attached hydrogens (tertiary/aromatic N) is 3. The maximum absolute atomic E-state index is 5.27. The molecule has 0 fully saturated rings. The van der Waals surface area contributed by atoms with Crippen LogP contribution in [0.5, 0.6) is 5.75 Å². The summed E-state index contributed by atoms with van der Waals surface area (Å²) in [5, 5.41) is 7.91. The number of anilines is 1. The van der Waals surface area contributed by atoms with Gasteiger partial charge in [-0.15, -0.1) is 0 Å². The smallest absolute Gasteiger partial charge is 0.222 e. The average molecular weight is 320 g/mol. The fourth-order valence-electron chi connectivity index (χ4n) is 3.24. The molecule has 2 aromatic carbocycles. The maximum atomic E-state index is 5.27. The number of methoxy groups -OCH3 is 1. The van der Waals surface area contributed by atoms with Crippen molar-refractivity contribution >= 4 is 5.95 Å². The Bertz CT molecular complexity index is 823. The molecule has 1 aliphatic heterocycles. The van der Waals surface area contributed by atoms with Gasteiger partial charge in [0.2, 0.25) is 5.95 Å². The normalized spacial score (nSPS) is 19.4. The third-order valence-corrected chi connectivity index (χ3v) is 4.61. The molecule has 0 aliphatic carbocycles. The molecule has 2 atom stereocenters.